The standard InChI is InChI=1S/C17H25N5O/c1-5-17(4,21-9-11-23-12-10-21)16-18-19-20-22(16)15-13(2)7-6-8-14(15)3/h6-8H,5,9-12H2,1-4H3/t17-/m0/s1. The first-order valence-electron chi connectivity index (χ1n) is 8.26. The molecule has 0 radical (unpaired) electrons. The van der Waals surface area contributed by atoms with Crippen molar-refractivity contribution in [3.8, 4) is 5.69 Å². The number of aromatic nitrogens is 4. The van der Waals surface area contributed by atoms with E-state index >= 15 is 0 Å². The maximum atomic E-state index is 5.51. The van der Waals surface area contributed by atoms with Crippen LogP contribution in [0.25, 0.3) is 5.69 Å². The number of para-hydroxylation sites is 1. The summed E-state index contributed by atoms with van der Waals surface area (Å²) in [7, 11) is 0. The van der Waals surface area contributed by atoms with E-state index in [9.17, 15) is 0 Å². The van der Waals surface area contributed by atoms with E-state index < -0.39 is 0 Å². The Balaban J connectivity index is 2.08. The quantitative estimate of drug-likeness (QED) is 0.866. The Bertz CT molecular complexity index is 657. The van der Waals surface area contributed by atoms with E-state index in [1.807, 2.05) is 4.68 Å². The van der Waals surface area contributed by atoms with E-state index in [1.165, 1.54) is 11.1 Å². The molecule has 1 atom stereocenters. The van der Waals surface area contributed by atoms with Crippen LogP contribution in [-0.2, 0) is 10.3 Å². The van der Waals surface area contributed by atoms with Crippen LogP contribution < -0.4 is 0 Å². The van der Waals surface area contributed by atoms with Gasteiger partial charge in [-0.2, -0.15) is 4.68 Å². The van der Waals surface area contributed by atoms with Crippen molar-refractivity contribution in [2.75, 3.05) is 26.3 Å². The molecule has 1 aromatic heterocycles. The van der Waals surface area contributed by atoms with Gasteiger partial charge in [-0.3, -0.25) is 4.90 Å². The van der Waals surface area contributed by atoms with E-state index in [2.05, 4.69) is 66.3 Å². The van der Waals surface area contributed by atoms with E-state index in [1.54, 1.807) is 0 Å². The van der Waals surface area contributed by atoms with Crippen molar-refractivity contribution in [3.05, 3.63) is 35.2 Å². The molecule has 1 fully saturated rings. The highest BCUT2D eigenvalue weighted by Gasteiger charge is 2.38. The molecule has 0 amide bonds. The van der Waals surface area contributed by atoms with Crippen LogP contribution >= 0.6 is 0 Å². The highest BCUT2D eigenvalue weighted by molar-refractivity contribution is 5.47. The molecule has 2 aromatic rings. The minimum absolute atomic E-state index is 0.206. The number of benzene rings is 1. The molecule has 0 spiro atoms. The van der Waals surface area contributed by atoms with Crippen LogP contribution in [0, 0.1) is 13.8 Å². The lowest BCUT2D eigenvalue weighted by Gasteiger charge is -2.41. The number of hydrogen-bond donors (Lipinski definition) is 0. The summed E-state index contributed by atoms with van der Waals surface area (Å²) in [5.41, 5.74) is 3.24. The molecule has 0 N–H and O–H groups in total. The Morgan fingerprint density at radius 1 is 1.17 bits per heavy atom. The first-order chi connectivity index (χ1) is 11.1. The molecule has 3 rings (SSSR count). The minimum Gasteiger partial charge on any atom is -0.379 e. The van der Waals surface area contributed by atoms with Crippen LogP contribution in [0.2, 0.25) is 0 Å². The Morgan fingerprint density at radius 2 is 1.83 bits per heavy atom. The Labute approximate surface area is 137 Å². The number of rotatable bonds is 4. The van der Waals surface area contributed by atoms with Gasteiger partial charge >= 0.3 is 0 Å². The average Bonchev–Trinajstić information content (AvgIpc) is 3.04. The van der Waals surface area contributed by atoms with Crippen molar-refractivity contribution in [2.24, 2.45) is 0 Å². The first-order valence-corrected chi connectivity index (χ1v) is 8.26. The highest BCUT2D eigenvalue weighted by atomic mass is 16.5. The number of morpholine rings is 1. The molecule has 0 saturated carbocycles. The van der Waals surface area contributed by atoms with Gasteiger partial charge in [0, 0.05) is 13.1 Å². The van der Waals surface area contributed by atoms with Crippen LogP contribution in [0.1, 0.15) is 37.2 Å². The Morgan fingerprint density at radius 3 is 2.43 bits per heavy atom. The van der Waals surface area contributed by atoms with Gasteiger partial charge in [-0.05, 0) is 48.7 Å². The molecule has 1 aliphatic rings. The average molecular weight is 315 g/mol. The van der Waals surface area contributed by atoms with Gasteiger partial charge in [0.2, 0.25) is 0 Å². The molecule has 6 nitrogen and oxygen atoms in total. The van der Waals surface area contributed by atoms with Crippen molar-refractivity contribution >= 4 is 0 Å². The first kappa shape index (κ1) is 16.1. The second-order valence-corrected chi connectivity index (χ2v) is 6.38. The van der Waals surface area contributed by atoms with Gasteiger partial charge in [0.25, 0.3) is 0 Å². The van der Waals surface area contributed by atoms with Gasteiger partial charge in [0.1, 0.15) is 0 Å². The Kier molecular flexibility index (Phi) is 4.46. The molecule has 6 heteroatoms. The zero-order chi connectivity index (χ0) is 16.4. The number of hydrogen-bond acceptors (Lipinski definition) is 5. The number of nitrogens with zero attached hydrogens (tertiary/aromatic N) is 5. The summed E-state index contributed by atoms with van der Waals surface area (Å²) < 4.78 is 7.43. The molecule has 2 heterocycles. The maximum Gasteiger partial charge on any atom is 0.176 e. The van der Waals surface area contributed by atoms with Crippen molar-refractivity contribution < 1.29 is 4.74 Å². The van der Waals surface area contributed by atoms with Gasteiger partial charge in [-0.15, -0.1) is 5.10 Å². The SMILES string of the molecule is CC[C@@](C)(c1nnnn1-c1c(C)cccc1C)N1CCOCC1. The lowest BCUT2D eigenvalue weighted by Crippen LogP contribution is -2.50. The molecule has 0 unspecified atom stereocenters. The molecule has 124 valence electrons. The second-order valence-electron chi connectivity index (χ2n) is 6.38. The Hall–Kier alpha value is -1.79. The summed E-state index contributed by atoms with van der Waals surface area (Å²) in [6, 6.07) is 6.27. The van der Waals surface area contributed by atoms with Crippen molar-refractivity contribution in [1.29, 1.82) is 0 Å². The summed E-state index contributed by atoms with van der Waals surface area (Å²) in [4.78, 5) is 2.44. The second kappa shape index (κ2) is 6.37. The lowest BCUT2D eigenvalue weighted by atomic mass is 9.94. The fourth-order valence-electron chi connectivity index (χ4n) is 3.39. The molecule has 0 bridgehead atoms. The third kappa shape index (κ3) is 2.77. The van der Waals surface area contributed by atoms with Crippen LogP contribution in [0.4, 0.5) is 0 Å². The molecular weight excluding hydrogens is 290 g/mol. The zero-order valence-electron chi connectivity index (χ0n) is 14.4. The fourth-order valence-corrected chi connectivity index (χ4v) is 3.39. The van der Waals surface area contributed by atoms with E-state index in [0.717, 1.165) is 44.2 Å². The maximum absolute atomic E-state index is 5.51. The van der Waals surface area contributed by atoms with Gasteiger partial charge < -0.3 is 4.74 Å². The predicted molar refractivity (Wildman–Crippen MR) is 88.7 cm³/mol. The summed E-state index contributed by atoms with van der Waals surface area (Å²) in [6.45, 7) is 12.0. The highest BCUT2D eigenvalue weighted by Crippen LogP contribution is 2.32. The topological polar surface area (TPSA) is 56.1 Å². The smallest absolute Gasteiger partial charge is 0.176 e. The molecule has 1 saturated heterocycles. The van der Waals surface area contributed by atoms with Crippen molar-refractivity contribution in [2.45, 2.75) is 39.7 Å². The van der Waals surface area contributed by atoms with Gasteiger partial charge in [0.15, 0.2) is 5.82 Å². The third-order valence-corrected chi connectivity index (χ3v) is 5.00. The predicted octanol–water partition coefficient (Wildman–Crippen LogP) is 2.24. The number of tetrazole rings is 1. The van der Waals surface area contributed by atoms with Crippen LogP contribution in [0.3, 0.4) is 0 Å². The third-order valence-electron chi connectivity index (χ3n) is 5.00. The van der Waals surface area contributed by atoms with E-state index in [-0.39, 0.29) is 5.54 Å². The lowest BCUT2D eigenvalue weighted by molar-refractivity contribution is -0.0240. The van der Waals surface area contributed by atoms with Crippen LogP contribution in [0.15, 0.2) is 18.2 Å². The summed E-state index contributed by atoms with van der Waals surface area (Å²) in [5, 5.41) is 12.7. The molecular formula is C17H25N5O. The summed E-state index contributed by atoms with van der Waals surface area (Å²) in [5.74, 6) is 0.902. The van der Waals surface area contributed by atoms with Gasteiger partial charge in [0.05, 0.1) is 24.4 Å². The van der Waals surface area contributed by atoms with E-state index in [0.29, 0.717) is 0 Å². The normalized spacial score (nSPS) is 18.8. The fraction of sp³-hybridized carbons (Fsp3) is 0.588. The number of aryl methyl sites for hydroxylation is 2. The van der Waals surface area contributed by atoms with Crippen LogP contribution in [-0.4, -0.2) is 51.4 Å². The molecule has 1 aliphatic heterocycles. The van der Waals surface area contributed by atoms with Crippen molar-refractivity contribution in [1.82, 2.24) is 25.1 Å². The molecule has 0 aliphatic carbocycles. The van der Waals surface area contributed by atoms with Crippen molar-refractivity contribution in [3.63, 3.8) is 0 Å². The zero-order valence-corrected chi connectivity index (χ0v) is 14.4. The summed E-state index contributed by atoms with van der Waals surface area (Å²) in [6.07, 6.45) is 0.943. The largest absolute Gasteiger partial charge is 0.379 e. The van der Waals surface area contributed by atoms with E-state index in [4.69, 9.17) is 4.74 Å². The molecule has 1 aromatic carbocycles. The molecule has 23 heavy (non-hydrogen) atoms. The van der Waals surface area contributed by atoms with Gasteiger partial charge in [-0.1, -0.05) is 25.1 Å². The minimum atomic E-state index is -0.206. The van der Waals surface area contributed by atoms with Crippen LogP contribution in [0.5, 0.6) is 0 Å². The number of ether oxygens (including phenoxy) is 1. The monoisotopic (exact) mass is 315 g/mol. The van der Waals surface area contributed by atoms with Gasteiger partial charge in [-0.25, -0.2) is 0 Å². The summed E-state index contributed by atoms with van der Waals surface area (Å²) >= 11 is 0.